The van der Waals surface area contributed by atoms with Crippen LogP contribution >= 0.6 is 0 Å². The van der Waals surface area contributed by atoms with Crippen LogP contribution in [0.25, 0.3) is 0 Å². The number of benzene rings is 1. The molecule has 5 nitrogen and oxygen atoms in total. The lowest BCUT2D eigenvalue weighted by molar-refractivity contribution is -0.117. The third-order valence-electron chi connectivity index (χ3n) is 4.14. The van der Waals surface area contributed by atoms with Gasteiger partial charge in [0.2, 0.25) is 5.91 Å². The van der Waals surface area contributed by atoms with Gasteiger partial charge >= 0.3 is 0 Å². The Morgan fingerprint density at radius 2 is 2.13 bits per heavy atom. The number of rotatable bonds is 2. The molecule has 1 amide bonds. The van der Waals surface area contributed by atoms with E-state index in [-0.39, 0.29) is 18.0 Å². The van der Waals surface area contributed by atoms with E-state index < -0.39 is 0 Å². The molecule has 0 radical (unpaired) electrons. The minimum absolute atomic E-state index is 0.0555. The Kier molecular flexibility index (Phi) is 3.98. The van der Waals surface area contributed by atoms with Gasteiger partial charge in [0, 0.05) is 24.8 Å². The maximum atomic E-state index is 12.0. The van der Waals surface area contributed by atoms with E-state index in [1.807, 2.05) is 35.2 Å². The second-order valence-corrected chi connectivity index (χ2v) is 5.77. The Balaban J connectivity index is 1.92. The maximum absolute atomic E-state index is 12.0. The third kappa shape index (κ3) is 2.88. The van der Waals surface area contributed by atoms with Gasteiger partial charge in [-0.15, -0.1) is 0 Å². The molecule has 0 aliphatic carbocycles. The van der Waals surface area contributed by atoms with Crippen molar-refractivity contribution in [1.82, 2.24) is 4.98 Å². The van der Waals surface area contributed by atoms with Gasteiger partial charge in [-0.1, -0.05) is 18.2 Å². The zero-order valence-corrected chi connectivity index (χ0v) is 13.2. The first-order valence-corrected chi connectivity index (χ1v) is 7.61. The number of aromatic nitrogens is 1. The third-order valence-corrected chi connectivity index (χ3v) is 4.14. The largest absolute Gasteiger partial charge is 0.363 e. The molecule has 5 heteroatoms. The van der Waals surface area contributed by atoms with Crippen molar-refractivity contribution in [2.75, 3.05) is 10.2 Å². The molecular weight excluding hydrogens is 288 g/mol. The summed E-state index contributed by atoms with van der Waals surface area (Å²) in [6.45, 7) is 3.65. The van der Waals surface area contributed by atoms with Gasteiger partial charge in [0.05, 0.1) is 11.6 Å². The van der Waals surface area contributed by atoms with Crippen LogP contribution in [0.3, 0.4) is 0 Å². The van der Waals surface area contributed by atoms with E-state index in [2.05, 4.69) is 23.3 Å². The smallest absolute Gasteiger partial charge is 0.224 e. The van der Waals surface area contributed by atoms with Crippen LogP contribution in [0, 0.1) is 11.3 Å². The Labute approximate surface area is 135 Å². The van der Waals surface area contributed by atoms with Gasteiger partial charge < -0.3 is 10.2 Å². The summed E-state index contributed by atoms with van der Waals surface area (Å²) >= 11 is 0. The van der Waals surface area contributed by atoms with Crippen LogP contribution in [0.2, 0.25) is 0 Å². The monoisotopic (exact) mass is 306 g/mol. The van der Waals surface area contributed by atoms with E-state index in [1.54, 1.807) is 19.2 Å². The van der Waals surface area contributed by atoms with Crippen LogP contribution in [0.1, 0.15) is 37.4 Å². The average molecular weight is 306 g/mol. The van der Waals surface area contributed by atoms with Gasteiger partial charge in [0.25, 0.3) is 0 Å². The molecule has 0 saturated heterocycles. The second kappa shape index (κ2) is 6.09. The molecule has 1 N–H and O–H groups in total. The summed E-state index contributed by atoms with van der Waals surface area (Å²) in [5.74, 6) is 0.784. The minimum Gasteiger partial charge on any atom is -0.363 e. The van der Waals surface area contributed by atoms with Crippen molar-refractivity contribution >= 4 is 17.4 Å². The fourth-order valence-electron chi connectivity index (χ4n) is 3.15. The van der Waals surface area contributed by atoms with Crippen molar-refractivity contribution in [1.29, 1.82) is 5.26 Å². The summed E-state index contributed by atoms with van der Waals surface area (Å²) in [7, 11) is 0. The molecule has 116 valence electrons. The zero-order valence-electron chi connectivity index (χ0n) is 13.2. The predicted molar refractivity (Wildman–Crippen MR) is 89.0 cm³/mol. The van der Waals surface area contributed by atoms with E-state index in [9.17, 15) is 4.79 Å². The highest BCUT2D eigenvalue weighted by atomic mass is 16.2. The minimum atomic E-state index is 0.0555. The number of amides is 1. The Bertz CT molecular complexity index is 763. The molecule has 0 spiro atoms. The fourth-order valence-corrected chi connectivity index (χ4v) is 3.15. The molecule has 23 heavy (non-hydrogen) atoms. The summed E-state index contributed by atoms with van der Waals surface area (Å²) in [6.07, 6.45) is 2.36. The first-order valence-electron chi connectivity index (χ1n) is 7.61. The maximum Gasteiger partial charge on any atom is 0.224 e. The van der Waals surface area contributed by atoms with Crippen molar-refractivity contribution in [2.24, 2.45) is 0 Å². The van der Waals surface area contributed by atoms with Crippen LogP contribution in [0.15, 0.2) is 42.6 Å². The van der Waals surface area contributed by atoms with Crippen LogP contribution < -0.4 is 10.2 Å². The van der Waals surface area contributed by atoms with Gasteiger partial charge in [0.1, 0.15) is 11.9 Å². The fraction of sp³-hybridized carbons (Fsp3) is 0.278. The normalized spacial score (nSPS) is 19.6. The highest BCUT2D eigenvalue weighted by Crippen LogP contribution is 2.38. The number of nitriles is 1. The Morgan fingerprint density at radius 1 is 1.35 bits per heavy atom. The lowest BCUT2D eigenvalue weighted by atomic mass is 9.91. The van der Waals surface area contributed by atoms with Gasteiger partial charge in [-0.05, 0) is 37.1 Å². The number of carbonyl (C=O) groups excluding carboxylic acids is 1. The molecule has 2 heterocycles. The zero-order chi connectivity index (χ0) is 16.4. The average Bonchev–Trinajstić information content (AvgIpc) is 2.55. The number of nitrogens with one attached hydrogen (secondary N) is 1. The van der Waals surface area contributed by atoms with Crippen molar-refractivity contribution in [3.05, 3.63) is 53.7 Å². The molecular formula is C18H18N4O. The summed E-state index contributed by atoms with van der Waals surface area (Å²) in [4.78, 5) is 18.1. The topological polar surface area (TPSA) is 69.0 Å². The molecule has 0 saturated carbocycles. The molecule has 3 rings (SSSR count). The molecule has 0 bridgehead atoms. The number of carbonyl (C=O) groups is 1. The van der Waals surface area contributed by atoms with Gasteiger partial charge in [0.15, 0.2) is 0 Å². The van der Waals surface area contributed by atoms with Crippen LogP contribution in [-0.2, 0) is 4.79 Å². The van der Waals surface area contributed by atoms with E-state index in [1.165, 1.54) is 0 Å². The van der Waals surface area contributed by atoms with Crippen molar-refractivity contribution < 1.29 is 4.79 Å². The lowest BCUT2D eigenvalue weighted by Gasteiger charge is -2.39. The van der Waals surface area contributed by atoms with E-state index >= 15 is 0 Å². The van der Waals surface area contributed by atoms with Crippen molar-refractivity contribution in [2.45, 2.75) is 32.4 Å². The van der Waals surface area contributed by atoms with Gasteiger partial charge in [-0.25, -0.2) is 4.98 Å². The van der Waals surface area contributed by atoms with E-state index in [4.69, 9.17) is 5.26 Å². The summed E-state index contributed by atoms with van der Waals surface area (Å²) in [6, 6.07) is 13.8. The molecule has 1 aliphatic rings. The Morgan fingerprint density at radius 3 is 2.78 bits per heavy atom. The molecule has 1 aromatic heterocycles. The summed E-state index contributed by atoms with van der Waals surface area (Å²) in [5.41, 5.74) is 2.58. The number of nitrogens with zero attached hydrogens (tertiary/aromatic N) is 3. The first kappa shape index (κ1) is 15.0. The SMILES string of the molecule is CC(=O)N1c2ccccc2[C@H](Nc2ccc(C#N)cn2)C[C@@H]1C. The van der Waals surface area contributed by atoms with Gasteiger partial charge in [-0.2, -0.15) is 5.26 Å². The Hall–Kier alpha value is -2.87. The van der Waals surface area contributed by atoms with Crippen molar-refractivity contribution in [3.63, 3.8) is 0 Å². The molecule has 1 aliphatic heterocycles. The van der Waals surface area contributed by atoms with E-state index in [0.717, 1.165) is 23.5 Å². The van der Waals surface area contributed by atoms with E-state index in [0.29, 0.717) is 5.56 Å². The van der Waals surface area contributed by atoms with Crippen molar-refractivity contribution in [3.8, 4) is 6.07 Å². The van der Waals surface area contributed by atoms with Crippen LogP contribution in [-0.4, -0.2) is 16.9 Å². The predicted octanol–water partition coefficient (Wildman–Crippen LogP) is 3.25. The molecule has 2 aromatic rings. The first-order chi connectivity index (χ1) is 11.1. The molecule has 0 fully saturated rings. The van der Waals surface area contributed by atoms with Crippen LogP contribution in [0.5, 0.6) is 0 Å². The number of anilines is 2. The van der Waals surface area contributed by atoms with Crippen LogP contribution in [0.4, 0.5) is 11.5 Å². The summed E-state index contributed by atoms with van der Waals surface area (Å²) in [5, 5.41) is 12.3. The van der Waals surface area contributed by atoms with Gasteiger partial charge in [-0.3, -0.25) is 4.79 Å². The number of para-hydroxylation sites is 1. The second-order valence-electron chi connectivity index (χ2n) is 5.77. The molecule has 1 aromatic carbocycles. The molecule has 2 atom stereocenters. The number of hydrogen-bond donors (Lipinski definition) is 1. The quantitative estimate of drug-likeness (QED) is 0.924. The highest BCUT2D eigenvalue weighted by molar-refractivity contribution is 5.93. The highest BCUT2D eigenvalue weighted by Gasteiger charge is 2.32. The standard InChI is InChI=1S/C18H18N4O/c1-12-9-16(21-18-8-7-14(10-19)11-20-18)15-5-3-4-6-17(15)22(12)13(2)23/h3-8,11-12,16H,9H2,1-2H3,(H,20,21)/t12-,16+/m0/s1. The summed E-state index contributed by atoms with van der Waals surface area (Å²) < 4.78 is 0. The molecule has 0 unspecified atom stereocenters. The number of fused-ring (bicyclic) bond motifs is 1. The number of hydrogen-bond acceptors (Lipinski definition) is 4. The lowest BCUT2D eigenvalue weighted by Crippen LogP contribution is -2.43. The number of pyridine rings is 1.